The van der Waals surface area contributed by atoms with Crippen LogP contribution in [0, 0.1) is 5.92 Å². The second kappa shape index (κ2) is 6.55. The normalized spacial score (nSPS) is 15.5. The van der Waals surface area contributed by atoms with Gasteiger partial charge in [0.2, 0.25) is 0 Å². The number of carbonyl (C=O) groups excluding carboxylic acids is 1. The Morgan fingerprint density at radius 1 is 1.24 bits per heavy atom. The number of nitrogens with zero attached hydrogens (tertiary/aromatic N) is 3. The number of carbonyl (C=O) groups is 1. The van der Waals surface area contributed by atoms with E-state index < -0.39 is 0 Å². The van der Waals surface area contributed by atoms with Crippen LogP contribution in [-0.2, 0) is 0 Å². The molecule has 0 aliphatic carbocycles. The SMILES string of the molecule is CC1CCN(c2cc(NC(=O)c3c[nH]c4ccccc34)ncn2)CC1. The molecule has 6 nitrogen and oxygen atoms in total. The van der Waals surface area contributed by atoms with Crippen molar-refractivity contribution in [1.29, 1.82) is 0 Å². The fourth-order valence-corrected chi connectivity index (χ4v) is 3.27. The molecule has 25 heavy (non-hydrogen) atoms. The van der Waals surface area contributed by atoms with E-state index >= 15 is 0 Å². The summed E-state index contributed by atoms with van der Waals surface area (Å²) in [4.78, 5) is 26.6. The van der Waals surface area contributed by atoms with E-state index in [1.54, 1.807) is 6.20 Å². The molecule has 0 saturated carbocycles. The zero-order valence-corrected chi connectivity index (χ0v) is 14.2. The summed E-state index contributed by atoms with van der Waals surface area (Å²) in [6.07, 6.45) is 5.58. The van der Waals surface area contributed by atoms with Gasteiger partial charge in [-0.15, -0.1) is 0 Å². The summed E-state index contributed by atoms with van der Waals surface area (Å²) in [6.45, 7) is 4.27. The minimum absolute atomic E-state index is 0.172. The molecule has 1 aliphatic rings. The van der Waals surface area contributed by atoms with Gasteiger partial charge in [-0.3, -0.25) is 4.79 Å². The van der Waals surface area contributed by atoms with Crippen LogP contribution in [0.15, 0.2) is 42.9 Å². The lowest BCUT2D eigenvalue weighted by atomic mass is 9.99. The van der Waals surface area contributed by atoms with Crippen molar-refractivity contribution in [2.75, 3.05) is 23.3 Å². The molecule has 0 spiro atoms. The van der Waals surface area contributed by atoms with Gasteiger partial charge in [0.1, 0.15) is 18.0 Å². The molecule has 3 aromatic rings. The molecule has 4 rings (SSSR count). The number of piperidine rings is 1. The topological polar surface area (TPSA) is 73.9 Å². The van der Waals surface area contributed by atoms with Gasteiger partial charge in [0.15, 0.2) is 0 Å². The lowest BCUT2D eigenvalue weighted by Crippen LogP contribution is -2.33. The number of aromatic nitrogens is 3. The van der Waals surface area contributed by atoms with Crippen molar-refractivity contribution in [1.82, 2.24) is 15.0 Å². The van der Waals surface area contributed by atoms with Crippen LogP contribution in [0.25, 0.3) is 10.9 Å². The second-order valence-electron chi connectivity index (χ2n) is 6.63. The molecule has 1 saturated heterocycles. The number of anilines is 2. The largest absolute Gasteiger partial charge is 0.360 e. The maximum absolute atomic E-state index is 12.6. The Bertz CT molecular complexity index is 895. The molecule has 1 aromatic carbocycles. The Hall–Kier alpha value is -2.89. The first-order chi connectivity index (χ1) is 12.2. The molecule has 128 valence electrons. The van der Waals surface area contributed by atoms with E-state index in [1.165, 1.54) is 19.2 Å². The van der Waals surface area contributed by atoms with Crippen molar-refractivity contribution in [3.05, 3.63) is 48.4 Å². The lowest BCUT2D eigenvalue weighted by molar-refractivity contribution is 0.102. The maximum Gasteiger partial charge on any atom is 0.258 e. The smallest absolute Gasteiger partial charge is 0.258 e. The first-order valence-corrected chi connectivity index (χ1v) is 8.65. The average Bonchev–Trinajstić information content (AvgIpc) is 3.07. The summed E-state index contributed by atoms with van der Waals surface area (Å²) in [7, 11) is 0. The van der Waals surface area contributed by atoms with Gasteiger partial charge in [-0.05, 0) is 24.8 Å². The van der Waals surface area contributed by atoms with Crippen LogP contribution in [-0.4, -0.2) is 33.9 Å². The van der Waals surface area contributed by atoms with Gasteiger partial charge in [-0.2, -0.15) is 0 Å². The number of benzene rings is 1. The van der Waals surface area contributed by atoms with Crippen LogP contribution >= 0.6 is 0 Å². The predicted molar refractivity (Wildman–Crippen MR) is 98.9 cm³/mol. The van der Waals surface area contributed by atoms with Crippen molar-refractivity contribution in [2.45, 2.75) is 19.8 Å². The highest BCUT2D eigenvalue weighted by molar-refractivity contribution is 6.12. The molecule has 1 amide bonds. The quantitative estimate of drug-likeness (QED) is 0.769. The summed E-state index contributed by atoms with van der Waals surface area (Å²) >= 11 is 0. The number of aromatic amines is 1. The highest BCUT2D eigenvalue weighted by Gasteiger charge is 2.18. The number of hydrogen-bond acceptors (Lipinski definition) is 4. The Balaban J connectivity index is 1.53. The Morgan fingerprint density at radius 2 is 2.04 bits per heavy atom. The number of para-hydroxylation sites is 1. The molecule has 2 aromatic heterocycles. The van der Waals surface area contributed by atoms with Gasteiger partial charge in [0.25, 0.3) is 5.91 Å². The fraction of sp³-hybridized carbons (Fsp3) is 0.316. The van der Waals surface area contributed by atoms with Gasteiger partial charge in [-0.25, -0.2) is 9.97 Å². The molecule has 0 bridgehead atoms. The van der Waals surface area contributed by atoms with Crippen molar-refractivity contribution in [3.63, 3.8) is 0 Å². The van der Waals surface area contributed by atoms with Crippen LogP contribution in [0.2, 0.25) is 0 Å². The average molecular weight is 335 g/mol. The van der Waals surface area contributed by atoms with E-state index in [0.717, 1.165) is 35.7 Å². The number of H-pyrrole nitrogens is 1. The van der Waals surface area contributed by atoms with Crippen molar-refractivity contribution >= 4 is 28.4 Å². The third kappa shape index (κ3) is 3.20. The molecule has 1 fully saturated rings. The fourth-order valence-electron chi connectivity index (χ4n) is 3.27. The summed E-state index contributed by atoms with van der Waals surface area (Å²) in [5, 5.41) is 3.79. The molecule has 6 heteroatoms. The molecule has 2 N–H and O–H groups in total. The molecule has 0 unspecified atom stereocenters. The standard InChI is InChI=1S/C19H21N5O/c1-13-6-8-24(9-7-13)18-10-17(21-12-22-18)23-19(25)15-11-20-16-5-3-2-4-14(15)16/h2-5,10-13,20H,6-9H2,1H3,(H,21,22,23,25). The maximum atomic E-state index is 12.6. The number of fused-ring (bicyclic) bond motifs is 1. The summed E-state index contributed by atoms with van der Waals surface area (Å²) < 4.78 is 0. The summed E-state index contributed by atoms with van der Waals surface area (Å²) in [5.41, 5.74) is 1.56. The molecule has 0 radical (unpaired) electrons. The molecule has 3 heterocycles. The van der Waals surface area contributed by atoms with E-state index in [1.807, 2.05) is 30.3 Å². The summed E-state index contributed by atoms with van der Waals surface area (Å²) in [6, 6.07) is 9.60. The second-order valence-corrected chi connectivity index (χ2v) is 6.63. The molecular formula is C19H21N5O. The van der Waals surface area contributed by atoms with Crippen molar-refractivity contribution < 1.29 is 4.79 Å². The first kappa shape index (κ1) is 15.6. The van der Waals surface area contributed by atoms with E-state index in [0.29, 0.717) is 11.4 Å². The highest BCUT2D eigenvalue weighted by atomic mass is 16.1. The third-order valence-corrected chi connectivity index (χ3v) is 4.84. The van der Waals surface area contributed by atoms with E-state index in [9.17, 15) is 4.79 Å². The van der Waals surface area contributed by atoms with Crippen molar-refractivity contribution in [2.24, 2.45) is 5.92 Å². The van der Waals surface area contributed by atoms with Crippen LogP contribution in [0.4, 0.5) is 11.6 Å². The van der Waals surface area contributed by atoms with E-state index in [2.05, 4.69) is 32.1 Å². The predicted octanol–water partition coefficient (Wildman–Crippen LogP) is 3.45. The summed E-state index contributed by atoms with van der Waals surface area (Å²) in [5.74, 6) is 1.99. The number of rotatable bonds is 3. The molecular weight excluding hydrogens is 314 g/mol. The zero-order chi connectivity index (χ0) is 17.2. The van der Waals surface area contributed by atoms with Crippen LogP contribution < -0.4 is 10.2 Å². The number of hydrogen-bond donors (Lipinski definition) is 2. The van der Waals surface area contributed by atoms with Crippen LogP contribution in [0.5, 0.6) is 0 Å². The van der Waals surface area contributed by atoms with Gasteiger partial charge < -0.3 is 15.2 Å². The number of amides is 1. The minimum atomic E-state index is -0.172. The highest BCUT2D eigenvalue weighted by Crippen LogP contribution is 2.23. The van der Waals surface area contributed by atoms with Crippen LogP contribution in [0.3, 0.4) is 0 Å². The molecule has 1 aliphatic heterocycles. The Morgan fingerprint density at radius 3 is 2.88 bits per heavy atom. The van der Waals surface area contributed by atoms with Crippen LogP contribution in [0.1, 0.15) is 30.1 Å². The van der Waals surface area contributed by atoms with Gasteiger partial charge >= 0.3 is 0 Å². The van der Waals surface area contributed by atoms with E-state index in [-0.39, 0.29) is 5.91 Å². The number of nitrogens with one attached hydrogen (secondary N) is 2. The van der Waals surface area contributed by atoms with Gasteiger partial charge in [0, 0.05) is 36.3 Å². The first-order valence-electron chi connectivity index (χ1n) is 8.65. The monoisotopic (exact) mass is 335 g/mol. The van der Waals surface area contributed by atoms with Gasteiger partial charge in [0.05, 0.1) is 5.56 Å². The Kier molecular flexibility index (Phi) is 4.09. The minimum Gasteiger partial charge on any atom is -0.360 e. The Labute approximate surface area is 146 Å². The third-order valence-electron chi connectivity index (χ3n) is 4.84. The van der Waals surface area contributed by atoms with E-state index in [4.69, 9.17) is 0 Å². The van der Waals surface area contributed by atoms with Crippen molar-refractivity contribution in [3.8, 4) is 0 Å². The zero-order valence-electron chi connectivity index (χ0n) is 14.2. The lowest BCUT2D eigenvalue weighted by Gasteiger charge is -2.31. The van der Waals surface area contributed by atoms with Gasteiger partial charge in [-0.1, -0.05) is 25.1 Å². The molecule has 0 atom stereocenters.